The van der Waals surface area contributed by atoms with Gasteiger partial charge in [-0.2, -0.15) is 0 Å². The molecule has 1 aromatic heterocycles. The summed E-state index contributed by atoms with van der Waals surface area (Å²) in [6.07, 6.45) is 1.97. The average Bonchev–Trinajstić information content (AvgIpc) is 2.97. The van der Waals surface area contributed by atoms with Gasteiger partial charge in [-0.05, 0) is 41.6 Å². The number of aromatic amines is 1. The van der Waals surface area contributed by atoms with Crippen LogP contribution in [0.5, 0.6) is 0 Å². The van der Waals surface area contributed by atoms with Crippen molar-refractivity contribution < 1.29 is 9.53 Å². The number of ether oxygens (including phenoxy) is 1. The second kappa shape index (κ2) is 7.14. The first-order valence-electron chi connectivity index (χ1n) is 6.53. The van der Waals surface area contributed by atoms with Gasteiger partial charge in [-0.3, -0.25) is 4.79 Å². The highest BCUT2D eigenvalue weighted by Gasteiger charge is 1.98. The molecule has 0 fully saturated rings. The number of hydrogen-bond donors (Lipinski definition) is 1. The maximum absolute atomic E-state index is 9.18. The van der Waals surface area contributed by atoms with Crippen LogP contribution < -0.4 is 0 Å². The van der Waals surface area contributed by atoms with Gasteiger partial charge in [-0.25, -0.2) is 0 Å². The summed E-state index contributed by atoms with van der Waals surface area (Å²) >= 11 is 0. The third-order valence-electron chi connectivity index (χ3n) is 2.90. The number of aromatic nitrogens is 1. The quantitative estimate of drug-likeness (QED) is 0.728. The number of hydrogen-bond acceptors (Lipinski definition) is 2. The number of carbonyl (C=O) groups is 1. The fourth-order valence-electron chi connectivity index (χ4n) is 1.93. The van der Waals surface area contributed by atoms with Crippen molar-refractivity contribution >= 4 is 17.4 Å². The average molecular weight is 267 g/mol. The molecule has 0 aliphatic carbocycles. The minimum absolute atomic E-state index is 0.431. The van der Waals surface area contributed by atoms with Gasteiger partial charge in [0, 0.05) is 11.7 Å². The van der Waals surface area contributed by atoms with E-state index in [-0.39, 0.29) is 0 Å². The van der Waals surface area contributed by atoms with Gasteiger partial charge in [0.2, 0.25) is 0 Å². The normalized spacial score (nSPS) is 9.65. The predicted octanol–water partition coefficient (Wildman–Crippen LogP) is 4.01. The van der Waals surface area contributed by atoms with Crippen molar-refractivity contribution in [2.75, 3.05) is 6.61 Å². The van der Waals surface area contributed by atoms with E-state index in [1.807, 2.05) is 12.3 Å². The third-order valence-corrected chi connectivity index (χ3v) is 2.90. The summed E-state index contributed by atoms with van der Waals surface area (Å²) in [7, 11) is 0. The van der Waals surface area contributed by atoms with Crippen LogP contribution in [0, 0.1) is 0 Å². The molecule has 0 saturated carbocycles. The summed E-state index contributed by atoms with van der Waals surface area (Å²) in [4.78, 5) is 12.4. The molecule has 0 radical (unpaired) electrons. The second-order valence-corrected chi connectivity index (χ2v) is 4.20. The Kier molecular flexibility index (Phi) is 4.95. The van der Waals surface area contributed by atoms with E-state index in [1.165, 1.54) is 22.0 Å². The highest BCUT2D eigenvalue weighted by Crippen LogP contribution is 2.23. The Labute approximate surface area is 118 Å². The number of fused-ring (bicyclic) bond motifs is 1. The molecule has 3 nitrogen and oxygen atoms in total. The number of H-pyrrole nitrogens is 1. The van der Waals surface area contributed by atoms with Crippen LogP contribution >= 0.6 is 0 Å². The van der Waals surface area contributed by atoms with Crippen LogP contribution in [-0.2, 0) is 9.53 Å². The molecule has 3 rings (SSSR count). The SMILES string of the molecule is CCOC=O.c1ccc(-c2ccc3[nH]ccc3c2)cc1. The van der Waals surface area contributed by atoms with Gasteiger partial charge in [0.15, 0.2) is 0 Å². The maximum atomic E-state index is 9.18. The molecule has 1 N–H and O–H groups in total. The predicted molar refractivity (Wildman–Crippen MR) is 81.4 cm³/mol. The van der Waals surface area contributed by atoms with Gasteiger partial charge in [-0.15, -0.1) is 0 Å². The molecule has 3 aromatic rings. The minimum atomic E-state index is 0.431. The summed E-state index contributed by atoms with van der Waals surface area (Å²) in [5.41, 5.74) is 3.72. The highest BCUT2D eigenvalue weighted by atomic mass is 16.5. The Bertz CT molecular complexity index is 659. The Morgan fingerprint density at radius 3 is 2.50 bits per heavy atom. The van der Waals surface area contributed by atoms with Crippen LogP contribution in [0.2, 0.25) is 0 Å². The number of carbonyl (C=O) groups excluding carboxylic acids is 1. The molecular formula is C17H17NO2. The molecule has 0 bridgehead atoms. The zero-order valence-corrected chi connectivity index (χ0v) is 11.4. The summed E-state index contributed by atoms with van der Waals surface area (Å²) in [5.74, 6) is 0. The van der Waals surface area contributed by atoms with Crippen molar-refractivity contribution in [1.82, 2.24) is 4.98 Å². The molecule has 3 heteroatoms. The molecular weight excluding hydrogens is 250 g/mol. The Balaban J connectivity index is 0.000000257. The van der Waals surface area contributed by atoms with Crippen molar-refractivity contribution in [3.05, 3.63) is 60.8 Å². The van der Waals surface area contributed by atoms with E-state index in [4.69, 9.17) is 0 Å². The van der Waals surface area contributed by atoms with Crippen molar-refractivity contribution in [2.24, 2.45) is 0 Å². The molecule has 0 aliphatic heterocycles. The first-order valence-corrected chi connectivity index (χ1v) is 6.53. The lowest BCUT2D eigenvalue weighted by Crippen LogP contribution is -1.80. The Hall–Kier alpha value is -2.55. The first kappa shape index (κ1) is 13.9. The van der Waals surface area contributed by atoms with E-state index in [9.17, 15) is 4.79 Å². The lowest BCUT2D eigenvalue weighted by molar-refractivity contribution is -0.128. The first-order chi connectivity index (χ1) is 9.85. The molecule has 102 valence electrons. The fraction of sp³-hybridized carbons (Fsp3) is 0.118. The van der Waals surface area contributed by atoms with E-state index < -0.39 is 0 Å². The maximum Gasteiger partial charge on any atom is 0.293 e. The minimum Gasteiger partial charge on any atom is -0.468 e. The number of benzene rings is 2. The van der Waals surface area contributed by atoms with Crippen molar-refractivity contribution in [3.63, 3.8) is 0 Å². The monoisotopic (exact) mass is 267 g/mol. The van der Waals surface area contributed by atoms with E-state index >= 15 is 0 Å². The zero-order valence-electron chi connectivity index (χ0n) is 11.4. The number of rotatable bonds is 3. The Morgan fingerprint density at radius 2 is 1.85 bits per heavy atom. The summed E-state index contributed by atoms with van der Waals surface area (Å²) in [6, 6.07) is 19.0. The zero-order chi connectivity index (χ0) is 14.2. The molecule has 20 heavy (non-hydrogen) atoms. The van der Waals surface area contributed by atoms with Gasteiger partial charge in [-0.1, -0.05) is 36.4 Å². The van der Waals surface area contributed by atoms with Crippen LogP contribution in [0.4, 0.5) is 0 Å². The van der Waals surface area contributed by atoms with E-state index in [0.29, 0.717) is 13.1 Å². The molecule has 0 saturated heterocycles. The molecule has 1 heterocycles. The van der Waals surface area contributed by atoms with Gasteiger partial charge >= 0.3 is 0 Å². The molecule has 0 amide bonds. The number of nitrogens with one attached hydrogen (secondary N) is 1. The lowest BCUT2D eigenvalue weighted by Gasteiger charge is -2.00. The van der Waals surface area contributed by atoms with Crippen LogP contribution in [0.15, 0.2) is 60.8 Å². The fourth-order valence-corrected chi connectivity index (χ4v) is 1.93. The smallest absolute Gasteiger partial charge is 0.293 e. The molecule has 2 aromatic carbocycles. The van der Waals surface area contributed by atoms with Crippen molar-refractivity contribution in [1.29, 1.82) is 0 Å². The summed E-state index contributed by atoms with van der Waals surface area (Å²) in [6.45, 7) is 2.66. The molecule has 0 spiro atoms. The Morgan fingerprint density at radius 1 is 1.05 bits per heavy atom. The van der Waals surface area contributed by atoms with E-state index in [2.05, 4.69) is 58.3 Å². The van der Waals surface area contributed by atoms with Crippen LogP contribution in [0.1, 0.15) is 6.92 Å². The van der Waals surface area contributed by atoms with Crippen LogP contribution in [-0.4, -0.2) is 18.1 Å². The lowest BCUT2D eigenvalue weighted by atomic mass is 10.0. The third kappa shape index (κ3) is 3.48. The summed E-state index contributed by atoms with van der Waals surface area (Å²) in [5, 5.41) is 1.26. The van der Waals surface area contributed by atoms with Crippen molar-refractivity contribution in [2.45, 2.75) is 6.92 Å². The van der Waals surface area contributed by atoms with Crippen LogP contribution in [0.25, 0.3) is 22.0 Å². The largest absolute Gasteiger partial charge is 0.468 e. The van der Waals surface area contributed by atoms with Crippen LogP contribution in [0.3, 0.4) is 0 Å². The van der Waals surface area contributed by atoms with Gasteiger partial charge in [0.1, 0.15) is 0 Å². The van der Waals surface area contributed by atoms with Crippen molar-refractivity contribution in [3.8, 4) is 11.1 Å². The molecule has 0 aliphatic rings. The van der Waals surface area contributed by atoms with Gasteiger partial charge in [0.05, 0.1) is 6.61 Å². The van der Waals surface area contributed by atoms with Gasteiger partial charge < -0.3 is 9.72 Å². The molecule has 0 atom stereocenters. The summed E-state index contributed by atoms with van der Waals surface area (Å²) < 4.78 is 4.15. The van der Waals surface area contributed by atoms with E-state index in [0.717, 1.165) is 0 Å². The van der Waals surface area contributed by atoms with Gasteiger partial charge in [0.25, 0.3) is 6.47 Å². The molecule has 0 unspecified atom stereocenters. The standard InChI is InChI=1S/C14H11N.C3H6O2/c1-2-4-11(5-3-1)12-6-7-14-13(10-12)8-9-15-14;1-2-5-3-4/h1-10,15H;3H,2H2,1H3. The topological polar surface area (TPSA) is 42.1 Å². The second-order valence-electron chi connectivity index (χ2n) is 4.20. The highest BCUT2D eigenvalue weighted by molar-refractivity contribution is 5.84. The van der Waals surface area contributed by atoms with E-state index in [1.54, 1.807) is 6.92 Å².